The van der Waals surface area contributed by atoms with Crippen molar-refractivity contribution in [1.82, 2.24) is 9.78 Å². The predicted octanol–water partition coefficient (Wildman–Crippen LogP) is 4.63. The molecule has 3 aromatic rings. The highest BCUT2D eigenvalue weighted by molar-refractivity contribution is 6.32. The monoisotopic (exact) mass is 358 g/mol. The van der Waals surface area contributed by atoms with Gasteiger partial charge in [0.25, 0.3) is 0 Å². The molecule has 130 valence electrons. The minimum Gasteiger partial charge on any atom is -0.486 e. The van der Waals surface area contributed by atoms with E-state index in [1.165, 1.54) is 10.2 Å². The number of halogens is 1. The first-order valence-corrected chi connectivity index (χ1v) is 8.30. The molecule has 0 aliphatic rings. The zero-order valence-electron chi connectivity index (χ0n) is 14.6. The van der Waals surface area contributed by atoms with Crippen molar-refractivity contribution in [2.24, 2.45) is 0 Å². The molecule has 0 spiro atoms. The molecule has 2 aromatic heterocycles. The lowest BCUT2D eigenvalue weighted by atomic mass is 10.1. The Balaban J connectivity index is 1.72. The van der Waals surface area contributed by atoms with Gasteiger partial charge in [0.15, 0.2) is 5.76 Å². The average molecular weight is 359 g/mol. The van der Waals surface area contributed by atoms with Gasteiger partial charge in [-0.3, -0.25) is 4.79 Å². The Morgan fingerprint density at radius 2 is 1.92 bits per heavy atom. The second kappa shape index (κ2) is 6.76. The van der Waals surface area contributed by atoms with Gasteiger partial charge in [-0.2, -0.15) is 9.78 Å². The molecule has 0 aliphatic heterocycles. The number of carbonyl (C=O) groups is 1. The van der Waals surface area contributed by atoms with Gasteiger partial charge in [-0.15, -0.1) is 0 Å². The first-order chi connectivity index (χ1) is 11.9. The van der Waals surface area contributed by atoms with Gasteiger partial charge in [0.1, 0.15) is 18.1 Å². The normalized spacial score (nSPS) is 10.9. The van der Waals surface area contributed by atoms with Crippen LogP contribution in [0.4, 0.5) is 0 Å². The third-order valence-corrected chi connectivity index (χ3v) is 4.67. The van der Waals surface area contributed by atoms with Crippen molar-refractivity contribution in [2.75, 3.05) is 0 Å². The topological polar surface area (TPSA) is 57.3 Å². The zero-order chi connectivity index (χ0) is 18.1. The number of ether oxygens (including phenoxy) is 1. The van der Waals surface area contributed by atoms with Gasteiger partial charge in [0.05, 0.1) is 16.4 Å². The van der Waals surface area contributed by atoms with Crippen LogP contribution in [-0.2, 0) is 6.61 Å². The number of aryl methyl sites for hydroxylation is 3. The van der Waals surface area contributed by atoms with Crippen LogP contribution >= 0.6 is 11.6 Å². The lowest BCUT2D eigenvalue weighted by molar-refractivity contribution is 0.0910. The third-order valence-electron chi connectivity index (χ3n) is 4.13. The molecule has 0 fully saturated rings. The molecule has 6 heteroatoms. The smallest absolute Gasteiger partial charge is 0.314 e. The maximum absolute atomic E-state index is 12.5. The molecule has 25 heavy (non-hydrogen) atoms. The zero-order valence-corrected chi connectivity index (χ0v) is 15.3. The van der Waals surface area contributed by atoms with Crippen LogP contribution in [-0.4, -0.2) is 15.7 Å². The van der Waals surface area contributed by atoms with Crippen LogP contribution in [0.5, 0.6) is 5.75 Å². The van der Waals surface area contributed by atoms with Gasteiger partial charge in [0, 0.05) is 0 Å². The SMILES string of the molecule is Cc1ccc(OCc2ccc(C(=O)n3nc(C)c(Cl)c3C)o2)cc1C. The van der Waals surface area contributed by atoms with E-state index >= 15 is 0 Å². The number of benzene rings is 1. The summed E-state index contributed by atoms with van der Waals surface area (Å²) in [6, 6.07) is 9.24. The molecular weight excluding hydrogens is 340 g/mol. The molecule has 5 nitrogen and oxygen atoms in total. The molecule has 0 unspecified atom stereocenters. The van der Waals surface area contributed by atoms with Crippen molar-refractivity contribution < 1.29 is 13.9 Å². The van der Waals surface area contributed by atoms with Crippen LogP contribution in [0.1, 0.15) is 38.8 Å². The maximum Gasteiger partial charge on any atom is 0.314 e. The van der Waals surface area contributed by atoms with Crippen molar-refractivity contribution >= 4 is 17.5 Å². The van der Waals surface area contributed by atoms with Gasteiger partial charge in [-0.05, 0) is 63.1 Å². The van der Waals surface area contributed by atoms with Crippen LogP contribution in [0.2, 0.25) is 5.02 Å². The molecule has 0 amide bonds. The quantitative estimate of drug-likeness (QED) is 0.682. The second-order valence-corrected chi connectivity index (χ2v) is 6.38. The van der Waals surface area contributed by atoms with E-state index in [4.69, 9.17) is 20.8 Å². The van der Waals surface area contributed by atoms with Crippen molar-refractivity contribution in [1.29, 1.82) is 0 Å². The van der Waals surface area contributed by atoms with Crippen molar-refractivity contribution in [3.8, 4) is 5.75 Å². The summed E-state index contributed by atoms with van der Waals surface area (Å²) >= 11 is 6.09. The Morgan fingerprint density at radius 1 is 1.16 bits per heavy atom. The Bertz CT molecular complexity index is 940. The van der Waals surface area contributed by atoms with Gasteiger partial charge in [-0.1, -0.05) is 17.7 Å². The van der Waals surface area contributed by atoms with Gasteiger partial charge < -0.3 is 9.15 Å². The van der Waals surface area contributed by atoms with Crippen LogP contribution in [0.3, 0.4) is 0 Å². The number of hydrogen-bond acceptors (Lipinski definition) is 4. The molecule has 1 aromatic carbocycles. The van der Waals surface area contributed by atoms with Crippen LogP contribution < -0.4 is 4.74 Å². The summed E-state index contributed by atoms with van der Waals surface area (Å²) in [7, 11) is 0. The van der Waals surface area contributed by atoms with E-state index in [0.717, 1.165) is 11.3 Å². The van der Waals surface area contributed by atoms with E-state index in [2.05, 4.69) is 12.0 Å². The van der Waals surface area contributed by atoms with E-state index in [1.807, 2.05) is 25.1 Å². The fourth-order valence-corrected chi connectivity index (χ4v) is 2.57. The molecular formula is C19H19ClN2O3. The Labute approximate surface area is 151 Å². The third kappa shape index (κ3) is 3.46. The highest BCUT2D eigenvalue weighted by Crippen LogP contribution is 2.21. The van der Waals surface area contributed by atoms with E-state index < -0.39 is 0 Å². The summed E-state index contributed by atoms with van der Waals surface area (Å²) in [5.41, 5.74) is 3.57. The molecule has 2 heterocycles. The lowest BCUT2D eigenvalue weighted by Gasteiger charge is -2.06. The average Bonchev–Trinajstić information content (AvgIpc) is 3.16. The summed E-state index contributed by atoms with van der Waals surface area (Å²) in [5.74, 6) is 1.16. The summed E-state index contributed by atoms with van der Waals surface area (Å²) in [6.45, 7) is 7.82. The van der Waals surface area contributed by atoms with Crippen molar-refractivity contribution in [3.63, 3.8) is 0 Å². The van der Waals surface area contributed by atoms with E-state index in [0.29, 0.717) is 22.2 Å². The number of furan rings is 1. The molecule has 0 bridgehead atoms. The molecule has 0 atom stereocenters. The molecule has 3 rings (SSSR count). The van der Waals surface area contributed by atoms with Gasteiger partial charge >= 0.3 is 5.91 Å². The molecule has 0 radical (unpaired) electrons. The van der Waals surface area contributed by atoms with Gasteiger partial charge in [0.2, 0.25) is 0 Å². The van der Waals surface area contributed by atoms with E-state index in [9.17, 15) is 4.79 Å². The number of carbonyl (C=O) groups excluding carboxylic acids is 1. The van der Waals surface area contributed by atoms with E-state index in [1.54, 1.807) is 26.0 Å². The predicted molar refractivity (Wildman–Crippen MR) is 95.4 cm³/mol. The van der Waals surface area contributed by atoms with Gasteiger partial charge in [-0.25, -0.2) is 0 Å². The minimum absolute atomic E-state index is 0.195. The maximum atomic E-state index is 12.5. The summed E-state index contributed by atoms with van der Waals surface area (Å²) in [6.07, 6.45) is 0. The second-order valence-electron chi connectivity index (χ2n) is 6.00. The number of rotatable bonds is 4. The summed E-state index contributed by atoms with van der Waals surface area (Å²) in [4.78, 5) is 12.5. The molecule has 0 aliphatic carbocycles. The Morgan fingerprint density at radius 3 is 2.56 bits per heavy atom. The summed E-state index contributed by atoms with van der Waals surface area (Å²) in [5, 5.41) is 4.64. The van der Waals surface area contributed by atoms with Crippen LogP contribution in [0, 0.1) is 27.7 Å². The highest BCUT2D eigenvalue weighted by Gasteiger charge is 2.19. The number of hydrogen-bond donors (Lipinski definition) is 0. The molecule has 0 N–H and O–H groups in total. The first kappa shape index (κ1) is 17.3. The standard InChI is InChI=1S/C19H19ClN2O3/c1-11-5-6-15(9-12(11)2)24-10-16-7-8-17(25-16)19(23)22-14(4)18(20)13(3)21-22/h5-9H,10H2,1-4H3. The molecule has 0 saturated carbocycles. The number of aromatic nitrogens is 2. The number of nitrogens with zero attached hydrogens (tertiary/aromatic N) is 2. The van der Waals surface area contributed by atoms with Crippen LogP contribution in [0.25, 0.3) is 0 Å². The first-order valence-electron chi connectivity index (χ1n) is 7.92. The Hall–Kier alpha value is -2.53. The molecule has 0 saturated heterocycles. The van der Waals surface area contributed by atoms with Crippen LogP contribution in [0.15, 0.2) is 34.7 Å². The fraction of sp³-hybridized carbons (Fsp3) is 0.263. The van der Waals surface area contributed by atoms with Crippen molar-refractivity contribution in [3.05, 3.63) is 69.4 Å². The van der Waals surface area contributed by atoms with E-state index in [-0.39, 0.29) is 18.3 Å². The summed E-state index contributed by atoms with van der Waals surface area (Å²) < 4.78 is 12.6. The minimum atomic E-state index is -0.357. The largest absolute Gasteiger partial charge is 0.486 e. The lowest BCUT2D eigenvalue weighted by Crippen LogP contribution is -2.14. The van der Waals surface area contributed by atoms with Crippen molar-refractivity contribution in [2.45, 2.75) is 34.3 Å². The fourth-order valence-electron chi connectivity index (χ4n) is 2.45. The Kier molecular flexibility index (Phi) is 4.68. The highest BCUT2D eigenvalue weighted by atomic mass is 35.5.